The zero-order chi connectivity index (χ0) is 20.6. The standard InChI is InChI=1S/C23H24N2O4/c1-3-17-11-13-19(14-12-17)29-16(2)23(27)25-24-22(26)15-28-21-10-6-8-18-7-4-5-9-20(18)21/h4-14,16H,3,15H2,1-2H3,(H,24,26)(H,25,27)/t16-/m1/s1. The van der Waals surface area contributed by atoms with Crippen LogP contribution in [-0.4, -0.2) is 24.5 Å². The molecule has 29 heavy (non-hydrogen) atoms. The van der Waals surface area contributed by atoms with E-state index in [0.717, 1.165) is 17.2 Å². The first kappa shape index (κ1) is 20.2. The van der Waals surface area contributed by atoms with Crippen molar-refractivity contribution in [2.24, 2.45) is 0 Å². The Bertz CT molecular complexity index is 980. The van der Waals surface area contributed by atoms with Crippen LogP contribution < -0.4 is 20.3 Å². The average molecular weight is 392 g/mol. The zero-order valence-electron chi connectivity index (χ0n) is 16.5. The van der Waals surface area contributed by atoms with Crippen LogP contribution in [0.2, 0.25) is 0 Å². The molecule has 1 atom stereocenters. The van der Waals surface area contributed by atoms with Crippen molar-refractivity contribution in [1.82, 2.24) is 10.9 Å². The Morgan fingerprint density at radius 1 is 0.931 bits per heavy atom. The zero-order valence-corrected chi connectivity index (χ0v) is 16.5. The molecule has 3 aromatic rings. The third-order valence-electron chi connectivity index (χ3n) is 4.45. The fourth-order valence-electron chi connectivity index (χ4n) is 2.80. The molecule has 0 spiro atoms. The van der Waals surface area contributed by atoms with E-state index in [1.165, 1.54) is 5.56 Å². The van der Waals surface area contributed by atoms with Crippen molar-refractivity contribution in [3.63, 3.8) is 0 Å². The maximum absolute atomic E-state index is 12.1. The lowest BCUT2D eigenvalue weighted by Gasteiger charge is -2.15. The van der Waals surface area contributed by atoms with Crippen LogP contribution in [0.5, 0.6) is 11.5 Å². The molecule has 3 rings (SSSR count). The number of benzene rings is 3. The molecule has 0 aliphatic rings. The maximum Gasteiger partial charge on any atom is 0.279 e. The van der Waals surface area contributed by atoms with E-state index in [9.17, 15) is 9.59 Å². The second-order valence-corrected chi connectivity index (χ2v) is 6.56. The van der Waals surface area contributed by atoms with Gasteiger partial charge in [0.2, 0.25) is 0 Å². The predicted molar refractivity (Wildman–Crippen MR) is 112 cm³/mol. The molecule has 0 aromatic heterocycles. The highest BCUT2D eigenvalue weighted by molar-refractivity contribution is 5.89. The molecule has 6 heteroatoms. The molecule has 0 unspecified atom stereocenters. The molecule has 0 heterocycles. The van der Waals surface area contributed by atoms with Crippen LogP contribution in [0.15, 0.2) is 66.7 Å². The lowest BCUT2D eigenvalue weighted by Crippen LogP contribution is -2.48. The number of hydrogen-bond acceptors (Lipinski definition) is 4. The number of aryl methyl sites for hydroxylation is 1. The van der Waals surface area contributed by atoms with Gasteiger partial charge in [0.15, 0.2) is 12.7 Å². The van der Waals surface area contributed by atoms with Gasteiger partial charge in [-0.1, -0.05) is 55.5 Å². The minimum atomic E-state index is -0.762. The molecule has 3 aromatic carbocycles. The van der Waals surface area contributed by atoms with E-state index in [4.69, 9.17) is 9.47 Å². The summed E-state index contributed by atoms with van der Waals surface area (Å²) in [6.07, 6.45) is 0.171. The summed E-state index contributed by atoms with van der Waals surface area (Å²) in [6.45, 7) is 3.46. The van der Waals surface area contributed by atoms with Crippen LogP contribution in [0.1, 0.15) is 19.4 Å². The first-order valence-corrected chi connectivity index (χ1v) is 9.51. The molecular formula is C23H24N2O4. The summed E-state index contributed by atoms with van der Waals surface area (Å²) >= 11 is 0. The van der Waals surface area contributed by atoms with E-state index < -0.39 is 17.9 Å². The second kappa shape index (κ2) is 9.59. The minimum absolute atomic E-state index is 0.220. The van der Waals surface area contributed by atoms with Crippen molar-refractivity contribution in [1.29, 1.82) is 0 Å². The van der Waals surface area contributed by atoms with E-state index in [2.05, 4.69) is 17.8 Å². The van der Waals surface area contributed by atoms with Gasteiger partial charge in [-0.15, -0.1) is 0 Å². The van der Waals surface area contributed by atoms with Gasteiger partial charge >= 0.3 is 0 Å². The number of amides is 2. The van der Waals surface area contributed by atoms with E-state index in [1.807, 2.05) is 60.7 Å². The van der Waals surface area contributed by atoms with Gasteiger partial charge in [0.25, 0.3) is 11.8 Å². The first-order chi connectivity index (χ1) is 14.1. The average Bonchev–Trinajstić information content (AvgIpc) is 2.76. The number of fused-ring (bicyclic) bond motifs is 1. The minimum Gasteiger partial charge on any atom is -0.483 e. The summed E-state index contributed by atoms with van der Waals surface area (Å²) < 4.78 is 11.2. The maximum atomic E-state index is 12.1. The molecule has 150 valence electrons. The Hall–Kier alpha value is -3.54. The molecule has 0 fully saturated rings. The fourth-order valence-corrected chi connectivity index (χ4v) is 2.80. The molecule has 2 N–H and O–H groups in total. The van der Waals surface area contributed by atoms with E-state index in [1.54, 1.807) is 13.0 Å². The van der Waals surface area contributed by atoms with Gasteiger partial charge in [-0.05, 0) is 42.5 Å². The van der Waals surface area contributed by atoms with Crippen LogP contribution >= 0.6 is 0 Å². The summed E-state index contributed by atoms with van der Waals surface area (Å²) in [5.41, 5.74) is 5.89. The van der Waals surface area contributed by atoms with Gasteiger partial charge in [-0.25, -0.2) is 0 Å². The van der Waals surface area contributed by atoms with Crippen molar-refractivity contribution in [3.8, 4) is 11.5 Å². The van der Waals surface area contributed by atoms with Crippen molar-refractivity contribution < 1.29 is 19.1 Å². The lowest BCUT2D eigenvalue weighted by molar-refractivity contribution is -0.133. The Morgan fingerprint density at radius 2 is 1.66 bits per heavy atom. The van der Waals surface area contributed by atoms with Gasteiger partial charge in [0.05, 0.1) is 0 Å². The third-order valence-corrected chi connectivity index (χ3v) is 4.45. The molecule has 6 nitrogen and oxygen atoms in total. The highest BCUT2D eigenvalue weighted by atomic mass is 16.5. The van der Waals surface area contributed by atoms with E-state index in [0.29, 0.717) is 11.5 Å². The first-order valence-electron chi connectivity index (χ1n) is 9.51. The van der Waals surface area contributed by atoms with Gasteiger partial charge in [-0.2, -0.15) is 0 Å². The number of rotatable bonds is 7. The molecule has 0 bridgehead atoms. The lowest BCUT2D eigenvalue weighted by atomic mass is 10.1. The molecule has 2 amide bonds. The molecule has 0 saturated carbocycles. The molecule has 0 aliphatic carbocycles. The molecule has 0 saturated heterocycles. The summed E-state index contributed by atoms with van der Waals surface area (Å²) in [5, 5.41) is 1.94. The summed E-state index contributed by atoms with van der Waals surface area (Å²) in [7, 11) is 0. The van der Waals surface area contributed by atoms with Gasteiger partial charge in [0.1, 0.15) is 11.5 Å². The van der Waals surface area contributed by atoms with Crippen molar-refractivity contribution >= 4 is 22.6 Å². The Morgan fingerprint density at radius 3 is 2.41 bits per heavy atom. The number of nitrogens with one attached hydrogen (secondary N) is 2. The normalized spacial score (nSPS) is 11.5. The Balaban J connectivity index is 1.46. The number of ether oxygens (including phenoxy) is 2. The van der Waals surface area contributed by atoms with E-state index >= 15 is 0 Å². The van der Waals surface area contributed by atoms with Gasteiger partial charge < -0.3 is 9.47 Å². The van der Waals surface area contributed by atoms with Gasteiger partial charge in [0, 0.05) is 5.39 Å². The van der Waals surface area contributed by atoms with Crippen molar-refractivity contribution in [2.45, 2.75) is 26.4 Å². The predicted octanol–water partition coefficient (Wildman–Crippen LogP) is 3.40. The van der Waals surface area contributed by atoms with Crippen molar-refractivity contribution in [2.75, 3.05) is 6.61 Å². The van der Waals surface area contributed by atoms with Crippen LogP contribution in [0.25, 0.3) is 10.8 Å². The van der Waals surface area contributed by atoms with Gasteiger partial charge in [-0.3, -0.25) is 20.4 Å². The summed E-state index contributed by atoms with van der Waals surface area (Å²) in [6, 6.07) is 20.9. The van der Waals surface area contributed by atoms with Crippen LogP contribution in [0.3, 0.4) is 0 Å². The highest BCUT2D eigenvalue weighted by Crippen LogP contribution is 2.24. The molecular weight excluding hydrogens is 368 g/mol. The smallest absolute Gasteiger partial charge is 0.279 e. The summed E-state index contributed by atoms with van der Waals surface area (Å²) in [4.78, 5) is 24.1. The van der Waals surface area contributed by atoms with Crippen LogP contribution in [0, 0.1) is 0 Å². The Labute approximate surface area is 169 Å². The number of hydrogen-bond donors (Lipinski definition) is 2. The Kier molecular flexibility index (Phi) is 6.68. The second-order valence-electron chi connectivity index (χ2n) is 6.56. The third kappa shape index (κ3) is 5.48. The van der Waals surface area contributed by atoms with E-state index in [-0.39, 0.29) is 6.61 Å². The number of carbonyl (C=O) groups excluding carboxylic acids is 2. The quantitative estimate of drug-likeness (QED) is 0.604. The number of hydrazine groups is 1. The van der Waals surface area contributed by atoms with Crippen LogP contribution in [-0.2, 0) is 16.0 Å². The molecule has 0 aliphatic heterocycles. The molecule has 0 radical (unpaired) electrons. The highest BCUT2D eigenvalue weighted by Gasteiger charge is 2.15. The van der Waals surface area contributed by atoms with Crippen molar-refractivity contribution in [3.05, 3.63) is 72.3 Å². The largest absolute Gasteiger partial charge is 0.483 e. The monoisotopic (exact) mass is 392 g/mol. The SMILES string of the molecule is CCc1ccc(O[C@H](C)C(=O)NNC(=O)COc2cccc3ccccc23)cc1. The number of carbonyl (C=O) groups is 2. The topological polar surface area (TPSA) is 76.7 Å². The fraction of sp³-hybridized carbons (Fsp3) is 0.217. The van der Waals surface area contributed by atoms with Crippen LogP contribution in [0.4, 0.5) is 0 Å². The summed E-state index contributed by atoms with van der Waals surface area (Å²) in [5.74, 6) is 0.279.